The van der Waals surface area contributed by atoms with Gasteiger partial charge in [0.2, 0.25) is 0 Å². The summed E-state index contributed by atoms with van der Waals surface area (Å²) in [5, 5.41) is 0. The third-order valence-corrected chi connectivity index (χ3v) is 3.14. The molecule has 1 saturated heterocycles. The Morgan fingerprint density at radius 3 is 2.80 bits per heavy atom. The van der Waals surface area contributed by atoms with Crippen LogP contribution >= 0.6 is 0 Å². The van der Waals surface area contributed by atoms with Crippen molar-refractivity contribution in [2.75, 3.05) is 13.6 Å². The van der Waals surface area contributed by atoms with Crippen LogP contribution in [0.2, 0.25) is 0 Å². The van der Waals surface area contributed by atoms with Gasteiger partial charge >= 0.3 is 29.6 Å². The van der Waals surface area contributed by atoms with Crippen molar-refractivity contribution in [1.29, 1.82) is 0 Å². The first kappa shape index (κ1) is 13.2. The smallest absolute Gasteiger partial charge is 1.00 e. The van der Waals surface area contributed by atoms with E-state index in [0.29, 0.717) is 6.04 Å². The summed E-state index contributed by atoms with van der Waals surface area (Å²) in [7, 11) is 2.21. The predicted octanol–water partition coefficient (Wildman–Crippen LogP) is -0.418. The van der Waals surface area contributed by atoms with Crippen molar-refractivity contribution < 1.29 is 31.0 Å². The molecule has 0 aliphatic carbocycles. The molecule has 0 saturated carbocycles. The van der Waals surface area contributed by atoms with Gasteiger partial charge in [0.1, 0.15) is 0 Å². The number of likely N-dealkylation sites (tertiary alicyclic amines) is 1. The van der Waals surface area contributed by atoms with Gasteiger partial charge in [-0.1, -0.05) is 6.07 Å². The van der Waals surface area contributed by atoms with Crippen LogP contribution < -0.4 is 29.6 Å². The summed E-state index contributed by atoms with van der Waals surface area (Å²) in [6.45, 7) is 5.45. The van der Waals surface area contributed by atoms with Gasteiger partial charge in [0.15, 0.2) is 0 Å². The van der Waals surface area contributed by atoms with Gasteiger partial charge in [-0.2, -0.15) is 0 Å². The van der Waals surface area contributed by atoms with E-state index in [9.17, 15) is 0 Å². The quantitative estimate of drug-likeness (QED) is 0.590. The van der Waals surface area contributed by atoms with Crippen molar-refractivity contribution in [1.82, 2.24) is 9.88 Å². The summed E-state index contributed by atoms with van der Waals surface area (Å²) in [6.07, 6.45) is 4.55. The van der Waals surface area contributed by atoms with Crippen LogP contribution in [0.15, 0.2) is 12.3 Å². The van der Waals surface area contributed by atoms with E-state index in [-0.39, 0.29) is 31.0 Å². The summed E-state index contributed by atoms with van der Waals surface area (Å²) in [4.78, 5) is 6.86. The van der Waals surface area contributed by atoms with E-state index in [4.69, 9.17) is 0 Å². The second-order valence-corrected chi connectivity index (χ2v) is 4.33. The SMILES string of the molecule is Cc1cnc(C)c([C@@H]2CCCN2C)c1.[H-].[Na+]. The van der Waals surface area contributed by atoms with Crippen molar-refractivity contribution >= 4 is 0 Å². The first-order chi connectivity index (χ1) is 6.68. The van der Waals surface area contributed by atoms with E-state index < -0.39 is 0 Å². The Kier molecular flexibility index (Phi) is 4.78. The number of aryl methyl sites for hydroxylation is 2. The van der Waals surface area contributed by atoms with Crippen LogP contribution in [-0.4, -0.2) is 23.5 Å². The summed E-state index contributed by atoms with van der Waals surface area (Å²) >= 11 is 0. The molecule has 2 nitrogen and oxygen atoms in total. The first-order valence-electron chi connectivity index (χ1n) is 5.32. The zero-order chi connectivity index (χ0) is 10.1. The first-order valence-corrected chi connectivity index (χ1v) is 5.32. The van der Waals surface area contributed by atoms with Crippen molar-refractivity contribution in [3.63, 3.8) is 0 Å². The fraction of sp³-hybridized carbons (Fsp3) is 0.583. The van der Waals surface area contributed by atoms with Crippen LogP contribution in [0.25, 0.3) is 0 Å². The topological polar surface area (TPSA) is 16.1 Å². The van der Waals surface area contributed by atoms with Crippen LogP contribution in [0.1, 0.15) is 37.1 Å². The minimum atomic E-state index is 0. The van der Waals surface area contributed by atoms with Gasteiger partial charge in [0, 0.05) is 17.9 Å². The summed E-state index contributed by atoms with van der Waals surface area (Å²) in [6, 6.07) is 2.89. The van der Waals surface area contributed by atoms with E-state index in [1.807, 2.05) is 6.20 Å². The number of hydrogen-bond donors (Lipinski definition) is 0. The maximum absolute atomic E-state index is 4.43. The van der Waals surface area contributed by atoms with Gasteiger partial charge in [-0.3, -0.25) is 9.88 Å². The third kappa shape index (κ3) is 2.82. The Balaban J connectivity index is 0.00000112. The molecule has 78 valence electrons. The van der Waals surface area contributed by atoms with Crippen LogP contribution in [0, 0.1) is 13.8 Å². The van der Waals surface area contributed by atoms with E-state index in [0.717, 1.165) is 0 Å². The normalized spacial score (nSPS) is 21.4. The Morgan fingerprint density at radius 2 is 2.20 bits per heavy atom. The molecule has 2 rings (SSSR count). The third-order valence-electron chi connectivity index (χ3n) is 3.14. The Labute approximate surface area is 116 Å². The fourth-order valence-corrected chi connectivity index (χ4v) is 2.30. The van der Waals surface area contributed by atoms with Crippen LogP contribution in [0.5, 0.6) is 0 Å². The molecule has 0 unspecified atom stereocenters. The molecule has 1 aliphatic rings. The number of nitrogens with zero attached hydrogens (tertiary/aromatic N) is 2. The minimum absolute atomic E-state index is 0. The molecule has 0 radical (unpaired) electrons. The Hall–Kier alpha value is 0.110. The molecule has 1 aromatic heterocycles. The summed E-state index contributed by atoms with van der Waals surface area (Å²) in [5.41, 5.74) is 3.88. The molecule has 2 heterocycles. The van der Waals surface area contributed by atoms with Gasteiger partial charge in [-0.25, -0.2) is 0 Å². The van der Waals surface area contributed by atoms with E-state index >= 15 is 0 Å². The Bertz CT molecular complexity index is 344. The molecular weight excluding hydrogens is 195 g/mol. The largest absolute Gasteiger partial charge is 1.00 e. The number of aromatic nitrogens is 1. The van der Waals surface area contributed by atoms with Crippen molar-refractivity contribution in [2.45, 2.75) is 32.7 Å². The van der Waals surface area contributed by atoms with Crippen molar-refractivity contribution in [3.8, 4) is 0 Å². The van der Waals surface area contributed by atoms with E-state index in [1.165, 1.54) is 36.2 Å². The molecule has 0 bridgehead atoms. The standard InChI is InChI=1S/C12H18N2.Na.H/c1-9-7-11(10(2)13-8-9)12-5-4-6-14(12)3;;/h7-8,12H,4-6H2,1-3H3;;/q;+1;-1/t12-;;/m0../s1. The molecule has 15 heavy (non-hydrogen) atoms. The number of rotatable bonds is 1. The number of pyridine rings is 1. The summed E-state index contributed by atoms with van der Waals surface area (Å²) < 4.78 is 0. The maximum atomic E-state index is 4.43. The van der Waals surface area contributed by atoms with Gasteiger partial charge in [-0.05, 0) is 51.4 Å². The van der Waals surface area contributed by atoms with Crippen LogP contribution in [0.3, 0.4) is 0 Å². The zero-order valence-corrected chi connectivity index (χ0v) is 12.2. The minimum Gasteiger partial charge on any atom is -1.00 e. The predicted molar refractivity (Wildman–Crippen MR) is 59.4 cm³/mol. The molecule has 1 aromatic rings. The monoisotopic (exact) mass is 214 g/mol. The second kappa shape index (κ2) is 5.44. The second-order valence-electron chi connectivity index (χ2n) is 4.33. The maximum Gasteiger partial charge on any atom is 1.00 e. The van der Waals surface area contributed by atoms with E-state index in [2.05, 4.69) is 36.8 Å². The van der Waals surface area contributed by atoms with Crippen LogP contribution in [0.4, 0.5) is 0 Å². The van der Waals surface area contributed by atoms with Gasteiger partial charge in [-0.15, -0.1) is 0 Å². The molecule has 1 aliphatic heterocycles. The number of hydrogen-bond acceptors (Lipinski definition) is 2. The molecule has 3 heteroatoms. The zero-order valence-electron chi connectivity index (χ0n) is 11.2. The summed E-state index contributed by atoms with van der Waals surface area (Å²) in [5.74, 6) is 0. The molecule has 0 spiro atoms. The van der Waals surface area contributed by atoms with Crippen molar-refractivity contribution in [3.05, 3.63) is 29.1 Å². The fourth-order valence-electron chi connectivity index (χ4n) is 2.30. The molecular formula is C12H19N2Na. The molecule has 0 aromatic carbocycles. The van der Waals surface area contributed by atoms with E-state index in [1.54, 1.807) is 0 Å². The average Bonchev–Trinajstić information content (AvgIpc) is 2.56. The van der Waals surface area contributed by atoms with Gasteiger partial charge in [0.05, 0.1) is 0 Å². The average molecular weight is 214 g/mol. The molecule has 0 N–H and O–H groups in total. The van der Waals surface area contributed by atoms with Crippen molar-refractivity contribution in [2.24, 2.45) is 0 Å². The molecule has 1 fully saturated rings. The Morgan fingerprint density at radius 1 is 1.47 bits per heavy atom. The van der Waals surface area contributed by atoms with Gasteiger partial charge < -0.3 is 1.43 Å². The molecule has 0 amide bonds. The van der Waals surface area contributed by atoms with Crippen LogP contribution in [-0.2, 0) is 0 Å². The molecule has 1 atom stereocenters. The van der Waals surface area contributed by atoms with Gasteiger partial charge in [0.25, 0.3) is 0 Å².